The van der Waals surface area contributed by atoms with E-state index in [1.165, 1.54) is 0 Å². The third-order valence-electron chi connectivity index (χ3n) is 1.79. The fraction of sp³-hybridized carbons (Fsp3) is 0.857. The van der Waals surface area contributed by atoms with Crippen molar-refractivity contribution in [2.24, 2.45) is 0 Å². The summed E-state index contributed by atoms with van der Waals surface area (Å²) in [6.45, 7) is 2.15. The van der Waals surface area contributed by atoms with Crippen LogP contribution in [0, 0.1) is 0 Å². The lowest BCUT2D eigenvalue weighted by molar-refractivity contribution is -0.136. The van der Waals surface area contributed by atoms with E-state index in [0.29, 0.717) is 6.61 Å². The number of epoxide rings is 1. The predicted octanol–water partition coefficient (Wildman–Crippen LogP) is 1.07. The van der Waals surface area contributed by atoms with E-state index in [1.807, 2.05) is 0 Å². The Bertz CT molecular complexity index is 232. The highest BCUT2D eigenvalue weighted by molar-refractivity contribution is 7.95. The van der Waals surface area contributed by atoms with Gasteiger partial charge >= 0.3 is 12.6 Å². The van der Waals surface area contributed by atoms with Gasteiger partial charge in [-0.15, -0.1) is 0 Å². The maximum atomic E-state index is 12.3. The minimum atomic E-state index is -4.47. The van der Waals surface area contributed by atoms with Gasteiger partial charge in [0, 0.05) is 6.54 Å². The van der Waals surface area contributed by atoms with Crippen molar-refractivity contribution >= 4 is 18.5 Å². The lowest BCUT2D eigenvalue weighted by atomic mass is 10.2. The van der Waals surface area contributed by atoms with E-state index in [2.05, 4.69) is 9.50 Å². The number of hydrogen-bond donors (Lipinski definition) is 1. The Morgan fingerprint density at radius 3 is 2.73 bits per heavy atom. The van der Waals surface area contributed by atoms with Gasteiger partial charge in [0.2, 0.25) is 0 Å². The molecule has 0 radical (unpaired) electrons. The van der Waals surface area contributed by atoms with Crippen LogP contribution in [0.5, 0.6) is 0 Å². The maximum Gasteiger partial charge on any atom is 0.416 e. The standard InChI is InChI=1S/C7H10F3NO3S/c1-6(3-13-6)2-11-5(7(8,9)10)15-14-4-12/h4-5,11H,2-3H2,1H3. The van der Waals surface area contributed by atoms with E-state index >= 15 is 0 Å². The number of ether oxygens (including phenoxy) is 1. The first-order chi connectivity index (χ1) is 6.87. The Hall–Kier alpha value is -0.470. The molecule has 2 unspecified atom stereocenters. The number of nitrogens with one attached hydrogen (secondary N) is 1. The first-order valence-electron chi connectivity index (χ1n) is 4.07. The summed E-state index contributed by atoms with van der Waals surface area (Å²) in [6, 6.07) is 0. The second-order valence-corrected chi connectivity index (χ2v) is 4.19. The van der Waals surface area contributed by atoms with Gasteiger partial charge in [0.1, 0.15) is 5.60 Å². The van der Waals surface area contributed by atoms with Crippen LogP contribution in [0.4, 0.5) is 13.2 Å². The van der Waals surface area contributed by atoms with Gasteiger partial charge < -0.3 is 8.92 Å². The molecule has 0 amide bonds. The Balaban J connectivity index is 2.37. The second kappa shape index (κ2) is 4.58. The molecule has 88 valence electrons. The molecule has 1 N–H and O–H groups in total. The highest BCUT2D eigenvalue weighted by Gasteiger charge is 2.45. The monoisotopic (exact) mass is 245 g/mol. The molecule has 1 heterocycles. The summed E-state index contributed by atoms with van der Waals surface area (Å²) in [4.78, 5) is 9.79. The molecule has 1 rings (SSSR count). The molecule has 0 saturated carbocycles. The third kappa shape index (κ3) is 4.27. The average molecular weight is 245 g/mol. The number of rotatable bonds is 6. The molecule has 0 bridgehead atoms. The summed E-state index contributed by atoms with van der Waals surface area (Å²) in [6.07, 6.45) is -4.47. The lowest BCUT2D eigenvalue weighted by Crippen LogP contribution is -2.43. The van der Waals surface area contributed by atoms with Crippen molar-refractivity contribution in [3.63, 3.8) is 0 Å². The topological polar surface area (TPSA) is 50.9 Å². The highest BCUT2D eigenvalue weighted by atomic mass is 32.2. The normalized spacial score (nSPS) is 27.2. The Morgan fingerprint density at radius 1 is 1.73 bits per heavy atom. The summed E-state index contributed by atoms with van der Waals surface area (Å²) in [5.74, 6) is 0. The van der Waals surface area contributed by atoms with E-state index in [1.54, 1.807) is 6.92 Å². The van der Waals surface area contributed by atoms with Crippen molar-refractivity contribution in [1.29, 1.82) is 0 Å². The van der Waals surface area contributed by atoms with Crippen molar-refractivity contribution in [3.05, 3.63) is 0 Å². The SMILES string of the molecule is CC1(CNC(SOC=O)C(F)(F)F)CO1. The van der Waals surface area contributed by atoms with Crippen LogP contribution in [-0.2, 0) is 13.7 Å². The number of hydrogen-bond acceptors (Lipinski definition) is 5. The van der Waals surface area contributed by atoms with Crippen molar-refractivity contribution in [2.75, 3.05) is 13.2 Å². The van der Waals surface area contributed by atoms with Crippen LogP contribution in [0.3, 0.4) is 0 Å². The third-order valence-corrected chi connectivity index (χ3v) is 2.60. The summed E-state index contributed by atoms with van der Waals surface area (Å²) in [5.41, 5.74) is -0.523. The van der Waals surface area contributed by atoms with Crippen molar-refractivity contribution < 1.29 is 26.9 Å². The largest absolute Gasteiger partial charge is 0.416 e. The van der Waals surface area contributed by atoms with E-state index in [0.717, 1.165) is 0 Å². The van der Waals surface area contributed by atoms with Gasteiger partial charge in [-0.2, -0.15) is 13.2 Å². The summed E-state index contributed by atoms with van der Waals surface area (Å²) >= 11 is 0.0372. The quantitative estimate of drug-likeness (QED) is 0.328. The van der Waals surface area contributed by atoms with Crippen molar-refractivity contribution in [2.45, 2.75) is 24.1 Å². The number of carbonyl (C=O) groups is 1. The van der Waals surface area contributed by atoms with Gasteiger partial charge in [-0.1, -0.05) is 0 Å². The molecule has 0 aromatic heterocycles. The van der Waals surface area contributed by atoms with Crippen molar-refractivity contribution in [1.82, 2.24) is 5.32 Å². The molecule has 1 fully saturated rings. The van der Waals surface area contributed by atoms with Gasteiger partial charge in [0.15, 0.2) is 5.37 Å². The molecule has 8 heteroatoms. The molecule has 4 nitrogen and oxygen atoms in total. The smallest absolute Gasteiger partial charge is 0.392 e. The number of carbonyl (C=O) groups excluding carboxylic acids is 1. The molecule has 1 aliphatic heterocycles. The summed E-state index contributed by atoms with van der Waals surface area (Å²) in [7, 11) is 0. The van der Waals surface area contributed by atoms with Gasteiger partial charge in [-0.05, 0) is 6.92 Å². The van der Waals surface area contributed by atoms with Crippen LogP contribution >= 0.6 is 12.0 Å². The fourth-order valence-electron chi connectivity index (χ4n) is 0.816. The molecular weight excluding hydrogens is 235 g/mol. The second-order valence-electron chi connectivity index (χ2n) is 3.33. The van der Waals surface area contributed by atoms with Crippen LogP contribution in [0.1, 0.15) is 6.92 Å². The minimum absolute atomic E-state index is 0.0372. The van der Waals surface area contributed by atoms with E-state index in [9.17, 15) is 18.0 Å². The van der Waals surface area contributed by atoms with Gasteiger partial charge in [0.25, 0.3) is 0 Å². The number of alkyl halides is 3. The highest BCUT2D eigenvalue weighted by Crippen LogP contribution is 2.31. The zero-order chi connectivity index (χ0) is 11.5. The van der Waals surface area contributed by atoms with Crippen LogP contribution in [-0.4, -0.2) is 36.8 Å². The van der Waals surface area contributed by atoms with Crippen LogP contribution in [0.15, 0.2) is 0 Å². The summed E-state index contributed by atoms with van der Waals surface area (Å²) < 4.78 is 45.9. The van der Waals surface area contributed by atoms with Gasteiger partial charge in [-0.25, -0.2) is 0 Å². The van der Waals surface area contributed by atoms with Gasteiger partial charge in [0.05, 0.1) is 18.6 Å². The average Bonchev–Trinajstić information content (AvgIpc) is 2.82. The zero-order valence-electron chi connectivity index (χ0n) is 7.84. The molecular formula is C7H10F3NO3S. The minimum Gasteiger partial charge on any atom is -0.392 e. The summed E-state index contributed by atoms with van der Waals surface area (Å²) in [5, 5.41) is 0.299. The van der Waals surface area contributed by atoms with Crippen LogP contribution in [0.25, 0.3) is 0 Å². The zero-order valence-corrected chi connectivity index (χ0v) is 8.65. The molecule has 1 saturated heterocycles. The van der Waals surface area contributed by atoms with Crippen LogP contribution in [0.2, 0.25) is 0 Å². The Morgan fingerprint density at radius 2 is 2.33 bits per heavy atom. The van der Waals surface area contributed by atoms with Gasteiger partial charge in [-0.3, -0.25) is 10.1 Å². The molecule has 0 aliphatic carbocycles. The lowest BCUT2D eigenvalue weighted by Gasteiger charge is -2.19. The maximum absolute atomic E-state index is 12.3. The Kier molecular flexibility index (Phi) is 3.85. The molecule has 0 spiro atoms. The van der Waals surface area contributed by atoms with E-state index in [4.69, 9.17) is 4.74 Å². The molecule has 0 aromatic carbocycles. The predicted molar refractivity (Wildman–Crippen MR) is 46.9 cm³/mol. The fourth-order valence-corrected chi connectivity index (χ4v) is 1.23. The molecule has 1 aliphatic rings. The Labute approximate surface area is 88.7 Å². The molecule has 0 aromatic rings. The first-order valence-corrected chi connectivity index (χ1v) is 4.88. The number of halogens is 3. The molecule has 15 heavy (non-hydrogen) atoms. The first kappa shape index (κ1) is 12.6. The van der Waals surface area contributed by atoms with E-state index < -0.39 is 17.2 Å². The van der Waals surface area contributed by atoms with Crippen molar-refractivity contribution in [3.8, 4) is 0 Å². The van der Waals surface area contributed by atoms with E-state index in [-0.39, 0.29) is 25.1 Å². The molecule has 2 atom stereocenters. The van der Waals surface area contributed by atoms with Crippen LogP contribution < -0.4 is 5.32 Å².